The third-order valence-corrected chi connectivity index (χ3v) is 3.93. The first-order valence-electron chi connectivity index (χ1n) is 6.50. The summed E-state index contributed by atoms with van der Waals surface area (Å²) in [5, 5.41) is 7.51. The van der Waals surface area contributed by atoms with E-state index in [0.29, 0.717) is 18.0 Å². The largest absolute Gasteiger partial charge is 0.334 e. The van der Waals surface area contributed by atoms with E-state index < -0.39 is 0 Å². The van der Waals surface area contributed by atoms with E-state index in [2.05, 4.69) is 15.5 Å². The van der Waals surface area contributed by atoms with E-state index in [1.165, 1.54) is 38.5 Å². The van der Waals surface area contributed by atoms with E-state index in [1.54, 1.807) is 0 Å². The van der Waals surface area contributed by atoms with Crippen molar-refractivity contribution in [3.8, 4) is 0 Å². The molecule has 1 aromatic rings. The van der Waals surface area contributed by atoms with Gasteiger partial charge in [0.15, 0.2) is 5.82 Å². The van der Waals surface area contributed by atoms with Crippen molar-refractivity contribution in [1.29, 1.82) is 0 Å². The molecule has 3 aliphatic rings. The Balaban J connectivity index is 1.46. The zero-order chi connectivity index (χ0) is 10.5. The molecular weight excluding hydrogens is 202 g/mol. The predicted octanol–water partition coefficient (Wildman–Crippen LogP) is 2.55. The Morgan fingerprint density at radius 2 is 1.75 bits per heavy atom. The summed E-state index contributed by atoms with van der Waals surface area (Å²) in [5.41, 5.74) is 0. The highest BCUT2D eigenvalue weighted by molar-refractivity contribution is 5.25. The SMILES string of the molecule is C1CC1c1noc(NC(C2CC2)C2CC2)n1. The van der Waals surface area contributed by atoms with Crippen molar-refractivity contribution in [2.45, 2.75) is 50.5 Å². The van der Waals surface area contributed by atoms with Gasteiger partial charge >= 0.3 is 6.01 Å². The van der Waals surface area contributed by atoms with Crippen LogP contribution in [0.5, 0.6) is 0 Å². The number of anilines is 1. The Bertz CT molecular complexity index is 379. The van der Waals surface area contributed by atoms with Gasteiger partial charge in [-0.05, 0) is 50.4 Å². The first kappa shape index (κ1) is 9.02. The third-order valence-electron chi connectivity index (χ3n) is 3.93. The molecule has 1 heterocycles. The molecule has 1 N–H and O–H groups in total. The fourth-order valence-corrected chi connectivity index (χ4v) is 2.47. The van der Waals surface area contributed by atoms with Gasteiger partial charge < -0.3 is 9.84 Å². The first-order valence-corrected chi connectivity index (χ1v) is 6.50. The van der Waals surface area contributed by atoms with E-state index in [4.69, 9.17) is 4.52 Å². The van der Waals surface area contributed by atoms with Crippen LogP contribution < -0.4 is 5.32 Å². The molecule has 0 bridgehead atoms. The lowest BCUT2D eigenvalue weighted by Gasteiger charge is -2.14. The summed E-state index contributed by atoms with van der Waals surface area (Å²) in [7, 11) is 0. The Hall–Kier alpha value is -1.06. The second kappa shape index (κ2) is 3.22. The minimum absolute atomic E-state index is 0.583. The van der Waals surface area contributed by atoms with Crippen LogP contribution in [0.2, 0.25) is 0 Å². The van der Waals surface area contributed by atoms with Crippen LogP contribution in [0.25, 0.3) is 0 Å². The molecule has 3 fully saturated rings. The van der Waals surface area contributed by atoms with Crippen LogP contribution in [0, 0.1) is 11.8 Å². The van der Waals surface area contributed by atoms with Crippen LogP contribution in [0.3, 0.4) is 0 Å². The highest BCUT2D eigenvalue weighted by Gasteiger charge is 2.42. The molecule has 0 saturated heterocycles. The molecule has 0 radical (unpaired) electrons. The minimum Gasteiger partial charge on any atom is -0.334 e. The Morgan fingerprint density at radius 1 is 1.06 bits per heavy atom. The van der Waals surface area contributed by atoms with Gasteiger partial charge in [-0.3, -0.25) is 0 Å². The molecular formula is C12H17N3O. The molecule has 4 rings (SSSR count). The maximum Gasteiger partial charge on any atom is 0.321 e. The van der Waals surface area contributed by atoms with Gasteiger partial charge in [0.05, 0.1) is 0 Å². The Morgan fingerprint density at radius 3 is 2.31 bits per heavy atom. The lowest BCUT2D eigenvalue weighted by atomic mass is 10.1. The summed E-state index contributed by atoms with van der Waals surface area (Å²) >= 11 is 0. The number of hydrogen-bond donors (Lipinski definition) is 1. The molecule has 0 aliphatic heterocycles. The van der Waals surface area contributed by atoms with Crippen molar-refractivity contribution in [2.24, 2.45) is 11.8 Å². The lowest BCUT2D eigenvalue weighted by molar-refractivity contribution is 0.411. The molecule has 3 aliphatic carbocycles. The third kappa shape index (κ3) is 1.70. The van der Waals surface area contributed by atoms with Crippen LogP contribution in [0.1, 0.15) is 50.3 Å². The van der Waals surface area contributed by atoms with Crippen molar-refractivity contribution in [1.82, 2.24) is 10.1 Å². The van der Waals surface area contributed by atoms with Gasteiger partial charge in [-0.1, -0.05) is 5.16 Å². The summed E-state index contributed by atoms with van der Waals surface area (Å²) in [6.45, 7) is 0. The standard InChI is InChI=1S/C12H17N3O/c1-2-7(1)10(8-3-4-8)13-12-14-11(15-16-12)9-5-6-9/h7-10H,1-6H2,(H,13,14,15). The van der Waals surface area contributed by atoms with E-state index in [1.807, 2.05) is 0 Å². The van der Waals surface area contributed by atoms with Crippen LogP contribution in [-0.2, 0) is 0 Å². The zero-order valence-electron chi connectivity index (χ0n) is 9.35. The molecule has 0 aromatic carbocycles. The molecule has 3 saturated carbocycles. The fourth-order valence-electron chi connectivity index (χ4n) is 2.47. The van der Waals surface area contributed by atoms with Gasteiger partial charge in [0.2, 0.25) is 0 Å². The highest BCUT2D eigenvalue weighted by atomic mass is 16.5. The van der Waals surface area contributed by atoms with Crippen LogP contribution in [0.15, 0.2) is 4.52 Å². The van der Waals surface area contributed by atoms with Crippen molar-refractivity contribution in [3.05, 3.63) is 5.82 Å². The van der Waals surface area contributed by atoms with Crippen molar-refractivity contribution < 1.29 is 4.52 Å². The van der Waals surface area contributed by atoms with Crippen molar-refractivity contribution >= 4 is 6.01 Å². The minimum atomic E-state index is 0.583. The maximum absolute atomic E-state index is 5.28. The molecule has 0 spiro atoms. The molecule has 0 unspecified atom stereocenters. The second-order valence-corrected chi connectivity index (χ2v) is 5.58. The van der Waals surface area contributed by atoms with Gasteiger partial charge in [-0.15, -0.1) is 0 Å². The number of hydrogen-bond acceptors (Lipinski definition) is 4. The summed E-state index contributed by atoms with van der Waals surface area (Å²) in [5.74, 6) is 3.22. The average Bonchev–Trinajstić information content (AvgIpc) is 3.08. The maximum atomic E-state index is 5.28. The lowest BCUT2D eigenvalue weighted by Crippen LogP contribution is -2.24. The number of rotatable bonds is 5. The summed E-state index contributed by atoms with van der Waals surface area (Å²) < 4.78 is 5.28. The smallest absolute Gasteiger partial charge is 0.321 e. The molecule has 4 heteroatoms. The van der Waals surface area contributed by atoms with Gasteiger partial charge in [0.25, 0.3) is 0 Å². The zero-order valence-corrected chi connectivity index (χ0v) is 9.35. The molecule has 0 amide bonds. The normalized spacial score (nSPS) is 25.1. The van der Waals surface area contributed by atoms with Crippen LogP contribution >= 0.6 is 0 Å². The van der Waals surface area contributed by atoms with Crippen LogP contribution in [-0.4, -0.2) is 16.2 Å². The average molecular weight is 219 g/mol. The summed E-state index contributed by atoms with van der Waals surface area (Å²) in [6, 6.07) is 1.26. The van der Waals surface area contributed by atoms with E-state index in [9.17, 15) is 0 Å². The highest BCUT2D eigenvalue weighted by Crippen LogP contribution is 2.46. The molecule has 1 aromatic heterocycles. The molecule has 4 nitrogen and oxygen atoms in total. The Kier molecular flexibility index (Phi) is 1.81. The van der Waals surface area contributed by atoms with Gasteiger partial charge in [0, 0.05) is 12.0 Å². The topological polar surface area (TPSA) is 51.0 Å². The van der Waals surface area contributed by atoms with Crippen LogP contribution in [0.4, 0.5) is 6.01 Å². The molecule has 16 heavy (non-hydrogen) atoms. The number of nitrogens with one attached hydrogen (secondary N) is 1. The second-order valence-electron chi connectivity index (χ2n) is 5.58. The van der Waals surface area contributed by atoms with E-state index in [-0.39, 0.29) is 0 Å². The van der Waals surface area contributed by atoms with Crippen molar-refractivity contribution in [3.63, 3.8) is 0 Å². The first-order chi connectivity index (χ1) is 7.90. The summed E-state index contributed by atoms with van der Waals surface area (Å²) in [6.07, 6.45) is 7.95. The number of nitrogens with zero attached hydrogens (tertiary/aromatic N) is 2. The van der Waals surface area contributed by atoms with Gasteiger partial charge in [-0.2, -0.15) is 4.98 Å². The Labute approximate surface area is 94.8 Å². The monoisotopic (exact) mass is 219 g/mol. The summed E-state index contributed by atoms with van der Waals surface area (Å²) in [4.78, 5) is 4.44. The van der Waals surface area contributed by atoms with E-state index in [0.717, 1.165) is 17.7 Å². The molecule has 86 valence electrons. The van der Waals surface area contributed by atoms with Gasteiger partial charge in [-0.25, -0.2) is 0 Å². The predicted molar refractivity (Wildman–Crippen MR) is 59.1 cm³/mol. The fraction of sp³-hybridized carbons (Fsp3) is 0.833. The van der Waals surface area contributed by atoms with Gasteiger partial charge in [0.1, 0.15) is 0 Å². The van der Waals surface area contributed by atoms with E-state index >= 15 is 0 Å². The molecule has 0 atom stereocenters. The van der Waals surface area contributed by atoms with Crippen molar-refractivity contribution in [2.75, 3.05) is 5.32 Å². The number of aromatic nitrogens is 2. The quantitative estimate of drug-likeness (QED) is 0.826.